The second-order valence-electron chi connectivity index (χ2n) is 3.55. The average molecular weight is 230 g/mol. The number of anilines is 1. The van der Waals surface area contributed by atoms with Crippen LogP contribution in [0.25, 0.3) is 0 Å². The Labute approximate surface area is 100 Å². The summed E-state index contributed by atoms with van der Waals surface area (Å²) >= 11 is 0. The number of benzene rings is 1. The molecule has 0 spiro atoms. The van der Waals surface area contributed by atoms with E-state index in [1.165, 1.54) is 0 Å². The smallest absolute Gasteiger partial charge is 0.145 e. The molecule has 0 atom stereocenters. The molecule has 1 heterocycles. The van der Waals surface area contributed by atoms with Gasteiger partial charge >= 0.3 is 0 Å². The first-order valence-electron chi connectivity index (χ1n) is 5.25. The quantitative estimate of drug-likeness (QED) is 0.875. The molecule has 0 bridgehead atoms. The number of rotatable bonds is 4. The molecule has 0 fully saturated rings. The number of hydrogen-bond donors (Lipinski definition) is 1. The van der Waals surface area contributed by atoms with Crippen molar-refractivity contribution in [1.29, 1.82) is 0 Å². The number of nitrogen functional groups attached to an aromatic ring is 1. The number of nitrogens with zero attached hydrogens (tertiary/aromatic N) is 1. The molecule has 1 aromatic heterocycles. The molecule has 0 aliphatic heterocycles. The van der Waals surface area contributed by atoms with Gasteiger partial charge in [-0.3, -0.25) is 4.98 Å². The van der Waals surface area contributed by atoms with Gasteiger partial charge in [0.25, 0.3) is 0 Å². The van der Waals surface area contributed by atoms with Crippen LogP contribution in [0.5, 0.6) is 11.5 Å². The lowest BCUT2D eigenvalue weighted by Crippen LogP contribution is -1.99. The van der Waals surface area contributed by atoms with Crippen molar-refractivity contribution in [3.63, 3.8) is 0 Å². The molecule has 2 rings (SSSR count). The third-order valence-corrected chi connectivity index (χ3v) is 2.36. The zero-order valence-corrected chi connectivity index (χ0v) is 9.59. The highest BCUT2D eigenvalue weighted by molar-refractivity contribution is 5.49. The van der Waals surface area contributed by atoms with Gasteiger partial charge in [0.1, 0.15) is 18.1 Å². The predicted molar refractivity (Wildman–Crippen MR) is 66.0 cm³/mol. The van der Waals surface area contributed by atoms with Crippen molar-refractivity contribution in [2.75, 3.05) is 12.8 Å². The van der Waals surface area contributed by atoms with Crippen molar-refractivity contribution in [3.05, 3.63) is 48.3 Å². The van der Waals surface area contributed by atoms with Gasteiger partial charge in [-0.25, -0.2) is 0 Å². The van der Waals surface area contributed by atoms with Crippen molar-refractivity contribution in [1.82, 2.24) is 4.98 Å². The Morgan fingerprint density at radius 1 is 1.18 bits per heavy atom. The van der Waals surface area contributed by atoms with Crippen LogP contribution in [0.1, 0.15) is 5.56 Å². The van der Waals surface area contributed by atoms with E-state index in [4.69, 9.17) is 15.2 Å². The average Bonchev–Trinajstić information content (AvgIpc) is 2.38. The maximum Gasteiger partial charge on any atom is 0.145 e. The molecule has 2 aromatic rings. The Hall–Kier alpha value is -2.23. The predicted octanol–water partition coefficient (Wildman–Crippen LogP) is 2.25. The van der Waals surface area contributed by atoms with Gasteiger partial charge in [-0.1, -0.05) is 12.1 Å². The zero-order chi connectivity index (χ0) is 12.1. The van der Waals surface area contributed by atoms with Crippen molar-refractivity contribution < 1.29 is 9.47 Å². The first-order chi connectivity index (χ1) is 8.29. The Balaban J connectivity index is 2.00. The highest BCUT2D eigenvalue weighted by Gasteiger charge is 2.00. The van der Waals surface area contributed by atoms with Crippen LogP contribution >= 0.6 is 0 Å². The lowest BCUT2D eigenvalue weighted by molar-refractivity contribution is 0.307. The van der Waals surface area contributed by atoms with Crippen LogP contribution in [0.15, 0.2) is 42.7 Å². The van der Waals surface area contributed by atoms with Crippen LogP contribution in [-0.2, 0) is 6.61 Å². The zero-order valence-electron chi connectivity index (χ0n) is 9.59. The second-order valence-corrected chi connectivity index (χ2v) is 3.55. The molecular weight excluding hydrogens is 216 g/mol. The molecule has 4 heteroatoms. The number of nitrogens with two attached hydrogens (primary N) is 1. The van der Waals surface area contributed by atoms with E-state index in [-0.39, 0.29) is 0 Å². The molecule has 0 radical (unpaired) electrons. The van der Waals surface area contributed by atoms with Crippen LogP contribution < -0.4 is 15.2 Å². The van der Waals surface area contributed by atoms with Crippen molar-refractivity contribution in [3.8, 4) is 11.5 Å². The third kappa shape index (κ3) is 2.87. The monoisotopic (exact) mass is 230 g/mol. The summed E-state index contributed by atoms with van der Waals surface area (Å²) in [6, 6.07) is 9.45. The van der Waals surface area contributed by atoms with Gasteiger partial charge in [-0.15, -0.1) is 0 Å². The number of pyridine rings is 1. The van der Waals surface area contributed by atoms with Crippen LogP contribution in [-0.4, -0.2) is 12.1 Å². The summed E-state index contributed by atoms with van der Waals surface area (Å²) in [5.74, 6) is 1.48. The van der Waals surface area contributed by atoms with E-state index >= 15 is 0 Å². The highest BCUT2D eigenvalue weighted by Crippen LogP contribution is 2.20. The molecule has 0 unspecified atom stereocenters. The summed E-state index contributed by atoms with van der Waals surface area (Å²) in [6.07, 6.45) is 3.23. The van der Waals surface area contributed by atoms with E-state index in [9.17, 15) is 0 Å². The number of hydrogen-bond acceptors (Lipinski definition) is 4. The molecule has 0 saturated heterocycles. The molecule has 0 aliphatic carbocycles. The fourth-order valence-corrected chi connectivity index (χ4v) is 1.41. The Morgan fingerprint density at radius 3 is 2.59 bits per heavy atom. The topological polar surface area (TPSA) is 57.4 Å². The molecule has 0 amide bonds. The Kier molecular flexibility index (Phi) is 3.45. The van der Waals surface area contributed by atoms with Crippen LogP contribution in [0.4, 0.5) is 5.69 Å². The standard InChI is InChI=1S/C13H14N2O2/c1-16-11-4-2-10(3-5-11)9-17-13-6-7-15-8-12(13)14/h2-8H,9,14H2,1H3. The molecule has 0 aliphatic rings. The minimum absolute atomic E-state index is 0.470. The summed E-state index contributed by atoms with van der Waals surface area (Å²) in [5, 5.41) is 0. The minimum atomic E-state index is 0.470. The molecule has 4 nitrogen and oxygen atoms in total. The lowest BCUT2D eigenvalue weighted by Gasteiger charge is -2.08. The van der Waals surface area contributed by atoms with Gasteiger partial charge in [0.05, 0.1) is 19.0 Å². The molecule has 88 valence electrons. The van der Waals surface area contributed by atoms with Crippen molar-refractivity contribution >= 4 is 5.69 Å². The van der Waals surface area contributed by atoms with Gasteiger partial charge in [0, 0.05) is 12.3 Å². The van der Waals surface area contributed by atoms with E-state index in [2.05, 4.69) is 4.98 Å². The second kappa shape index (κ2) is 5.21. The summed E-state index contributed by atoms with van der Waals surface area (Å²) in [7, 11) is 1.64. The van der Waals surface area contributed by atoms with Gasteiger partial charge in [-0.2, -0.15) is 0 Å². The molecule has 2 N–H and O–H groups in total. The molecular formula is C13H14N2O2. The van der Waals surface area contributed by atoms with Gasteiger partial charge in [-0.05, 0) is 17.7 Å². The lowest BCUT2D eigenvalue weighted by atomic mass is 10.2. The van der Waals surface area contributed by atoms with E-state index < -0.39 is 0 Å². The molecule has 0 saturated carbocycles. The van der Waals surface area contributed by atoms with Gasteiger partial charge < -0.3 is 15.2 Å². The molecule has 1 aromatic carbocycles. The van der Waals surface area contributed by atoms with Crippen molar-refractivity contribution in [2.24, 2.45) is 0 Å². The largest absolute Gasteiger partial charge is 0.497 e. The summed E-state index contributed by atoms with van der Waals surface area (Å²) < 4.78 is 10.7. The first-order valence-corrected chi connectivity index (χ1v) is 5.25. The normalized spacial score (nSPS) is 9.94. The Morgan fingerprint density at radius 2 is 1.94 bits per heavy atom. The third-order valence-electron chi connectivity index (χ3n) is 2.36. The fourth-order valence-electron chi connectivity index (χ4n) is 1.41. The van der Waals surface area contributed by atoms with E-state index in [0.29, 0.717) is 18.0 Å². The number of ether oxygens (including phenoxy) is 2. The van der Waals surface area contributed by atoms with E-state index in [1.54, 1.807) is 25.6 Å². The fraction of sp³-hybridized carbons (Fsp3) is 0.154. The van der Waals surface area contributed by atoms with Crippen LogP contribution in [0.2, 0.25) is 0 Å². The summed E-state index contributed by atoms with van der Waals surface area (Å²) in [6.45, 7) is 0.470. The van der Waals surface area contributed by atoms with E-state index in [1.807, 2.05) is 24.3 Å². The highest BCUT2D eigenvalue weighted by atomic mass is 16.5. The number of aromatic nitrogens is 1. The first kappa shape index (κ1) is 11.3. The maximum absolute atomic E-state index is 5.72. The summed E-state index contributed by atoms with van der Waals surface area (Å²) in [4.78, 5) is 3.90. The Bertz CT molecular complexity index is 483. The van der Waals surface area contributed by atoms with E-state index in [0.717, 1.165) is 11.3 Å². The van der Waals surface area contributed by atoms with Gasteiger partial charge in [0.15, 0.2) is 0 Å². The molecule has 17 heavy (non-hydrogen) atoms. The minimum Gasteiger partial charge on any atom is -0.497 e. The van der Waals surface area contributed by atoms with Gasteiger partial charge in [0.2, 0.25) is 0 Å². The van der Waals surface area contributed by atoms with Crippen LogP contribution in [0, 0.1) is 0 Å². The SMILES string of the molecule is COc1ccc(COc2ccncc2N)cc1. The van der Waals surface area contributed by atoms with Crippen LogP contribution in [0.3, 0.4) is 0 Å². The number of methoxy groups -OCH3 is 1. The summed E-state index contributed by atoms with van der Waals surface area (Å²) in [5.41, 5.74) is 7.32. The van der Waals surface area contributed by atoms with Crippen molar-refractivity contribution in [2.45, 2.75) is 6.61 Å². The maximum atomic E-state index is 5.72.